The highest BCUT2D eigenvalue weighted by Gasteiger charge is 2.42. The summed E-state index contributed by atoms with van der Waals surface area (Å²) in [6, 6.07) is 9.70. The smallest absolute Gasteiger partial charge is 0.409 e. The van der Waals surface area contributed by atoms with Crippen molar-refractivity contribution in [3.05, 3.63) is 46.2 Å². The third-order valence-electron chi connectivity index (χ3n) is 9.81. The maximum absolute atomic E-state index is 13.5. The molecule has 0 radical (unpaired) electrons. The lowest BCUT2D eigenvalue weighted by atomic mass is 9.96. The van der Waals surface area contributed by atoms with Crippen LogP contribution in [0.15, 0.2) is 35.1 Å². The zero-order valence-corrected chi connectivity index (χ0v) is 27.6. The molecule has 252 valence electrons. The number of benzene rings is 1. The van der Waals surface area contributed by atoms with Crippen LogP contribution >= 0.6 is 0 Å². The maximum atomic E-state index is 13.5. The number of rotatable bonds is 11. The van der Waals surface area contributed by atoms with Crippen molar-refractivity contribution >= 4 is 28.8 Å². The summed E-state index contributed by atoms with van der Waals surface area (Å²) in [4.78, 5) is 57.1. The van der Waals surface area contributed by atoms with E-state index >= 15 is 0 Å². The normalized spacial score (nSPS) is 24.1. The number of likely N-dealkylation sites (tertiary alicyclic amines) is 1. The van der Waals surface area contributed by atoms with Crippen LogP contribution in [-0.2, 0) is 9.53 Å². The van der Waals surface area contributed by atoms with E-state index in [9.17, 15) is 24.3 Å². The fourth-order valence-corrected chi connectivity index (χ4v) is 7.78. The molecule has 3 fully saturated rings. The van der Waals surface area contributed by atoms with Crippen molar-refractivity contribution < 1.29 is 24.2 Å². The number of piperidine rings is 2. The van der Waals surface area contributed by atoms with E-state index in [0.29, 0.717) is 19.6 Å². The Morgan fingerprint density at radius 1 is 1.07 bits per heavy atom. The van der Waals surface area contributed by atoms with Gasteiger partial charge in [-0.15, -0.1) is 0 Å². The molecule has 3 saturated heterocycles. The van der Waals surface area contributed by atoms with Crippen molar-refractivity contribution in [2.75, 3.05) is 46.4 Å². The van der Waals surface area contributed by atoms with Gasteiger partial charge in [0.05, 0.1) is 25.3 Å². The van der Waals surface area contributed by atoms with E-state index in [4.69, 9.17) is 4.74 Å². The number of hydrogen-bond donors (Lipinski definition) is 3. The van der Waals surface area contributed by atoms with Crippen molar-refractivity contribution in [2.45, 2.75) is 95.6 Å². The van der Waals surface area contributed by atoms with Crippen molar-refractivity contribution in [1.82, 2.24) is 29.9 Å². The van der Waals surface area contributed by atoms with E-state index in [-0.39, 0.29) is 59.7 Å². The minimum Gasteiger partial charge on any atom is -0.453 e. The quantitative estimate of drug-likeness (QED) is 0.341. The number of aliphatic hydroxyl groups is 1. The molecular formula is C34H50N6O6. The molecule has 3 aliphatic heterocycles. The number of para-hydroxylation sites is 1. The number of methoxy groups -OCH3 is 1. The Balaban J connectivity index is 1.16. The average molecular weight is 639 g/mol. The summed E-state index contributed by atoms with van der Waals surface area (Å²) in [5.41, 5.74) is 0.699. The van der Waals surface area contributed by atoms with Crippen LogP contribution in [0.1, 0.15) is 75.7 Å². The molecule has 46 heavy (non-hydrogen) atoms. The number of fused-ring (bicyclic) bond motifs is 3. The van der Waals surface area contributed by atoms with Gasteiger partial charge in [-0.2, -0.15) is 0 Å². The second-order valence-electron chi connectivity index (χ2n) is 13.5. The SMILES string of the molecule is COC(=O)N(CCN1CCCC(NC(C)=O)C1)CC(O)CN1C2CCC1CC(NC(=O)c1cc3ccccc3n(C(C)C)c1=O)C2. The van der Waals surface area contributed by atoms with Crippen LogP contribution in [0.3, 0.4) is 0 Å². The highest BCUT2D eigenvalue weighted by Crippen LogP contribution is 2.36. The zero-order valence-electron chi connectivity index (χ0n) is 27.6. The molecule has 3 amide bonds. The standard InChI is InChI=1S/C34H50N6O6/c1-22(2)40-31-10-6-5-8-24(31)16-30(33(40)44)32(43)36-26-17-27-11-12-28(18-26)39(27)21-29(42)20-38(34(45)46-4)15-14-37-13-7-9-25(19-37)35-23(3)41/h5-6,8,10,16,22,25-29,42H,7,9,11-15,17-21H2,1-4H3,(H,35,41)(H,36,43). The molecule has 0 aliphatic carbocycles. The highest BCUT2D eigenvalue weighted by atomic mass is 16.5. The summed E-state index contributed by atoms with van der Waals surface area (Å²) in [6.07, 6.45) is 4.13. The van der Waals surface area contributed by atoms with Crippen LogP contribution in [0.4, 0.5) is 4.79 Å². The summed E-state index contributed by atoms with van der Waals surface area (Å²) in [6.45, 7) is 8.71. The van der Waals surface area contributed by atoms with E-state index in [2.05, 4.69) is 20.4 Å². The van der Waals surface area contributed by atoms with E-state index in [0.717, 1.165) is 62.5 Å². The molecule has 2 aromatic rings. The first-order chi connectivity index (χ1) is 22.0. The second kappa shape index (κ2) is 15.0. The lowest BCUT2D eigenvalue weighted by Gasteiger charge is -2.40. The summed E-state index contributed by atoms with van der Waals surface area (Å²) in [7, 11) is 1.35. The van der Waals surface area contributed by atoms with Crippen LogP contribution < -0.4 is 16.2 Å². The number of pyridine rings is 1. The van der Waals surface area contributed by atoms with Crippen LogP contribution in [0, 0.1) is 0 Å². The molecule has 4 unspecified atom stereocenters. The third-order valence-corrected chi connectivity index (χ3v) is 9.81. The first-order valence-corrected chi connectivity index (χ1v) is 16.7. The van der Waals surface area contributed by atoms with Gasteiger partial charge >= 0.3 is 6.09 Å². The average Bonchev–Trinajstić information content (AvgIpc) is 3.23. The molecule has 1 aromatic carbocycles. The molecule has 4 atom stereocenters. The van der Waals surface area contributed by atoms with Crippen molar-refractivity contribution in [3.8, 4) is 0 Å². The largest absolute Gasteiger partial charge is 0.453 e. The van der Waals surface area contributed by atoms with Crippen LogP contribution in [0.5, 0.6) is 0 Å². The molecular weight excluding hydrogens is 588 g/mol. The number of aromatic nitrogens is 1. The third kappa shape index (κ3) is 7.90. The van der Waals surface area contributed by atoms with Gasteiger partial charge < -0.3 is 29.9 Å². The lowest BCUT2D eigenvalue weighted by molar-refractivity contribution is -0.120. The molecule has 4 heterocycles. The summed E-state index contributed by atoms with van der Waals surface area (Å²) >= 11 is 0. The number of ether oxygens (including phenoxy) is 1. The highest BCUT2D eigenvalue weighted by molar-refractivity contribution is 5.97. The van der Waals surface area contributed by atoms with E-state index in [1.165, 1.54) is 14.0 Å². The Morgan fingerprint density at radius 2 is 1.78 bits per heavy atom. The van der Waals surface area contributed by atoms with Crippen molar-refractivity contribution in [3.63, 3.8) is 0 Å². The number of nitrogens with one attached hydrogen (secondary N) is 2. The number of hydrogen-bond acceptors (Lipinski definition) is 8. The Bertz CT molecular complexity index is 1450. The predicted octanol–water partition coefficient (Wildman–Crippen LogP) is 2.34. The van der Waals surface area contributed by atoms with Gasteiger partial charge in [0.1, 0.15) is 5.56 Å². The first-order valence-electron chi connectivity index (χ1n) is 16.7. The van der Waals surface area contributed by atoms with Gasteiger partial charge in [0.15, 0.2) is 0 Å². The topological polar surface area (TPSA) is 136 Å². The summed E-state index contributed by atoms with van der Waals surface area (Å²) in [5, 5.41) is 18.2. The summed E-state index contributed by atoms with van der Waals surface area (Å²) in [5.74, 6) is -0.374. The Hall–Kier alpha value is -3.48. The molecule has 1 aromatic heterocycles. The lowest BCUT2D eigenvalue weighted by Crippen LogP contribution is -2.54. The molecule has 0 spiro atoms. The van der Waals surface area contributed by atoms with E-state index in [1.54, 1.807) is 15.5 Å². The van der Waals surface area contributed by atoms with Gasteiger partial charge in [-0.1, -0.05) is 18.2 Å². The fourth-order valence-electron chi connectivity index (χ4n) is 7.78. The minimum atomic E-state index is -0.756. The Kier molecular flexibility index (Phi) is 11.0. The van der Waals surface area contributed by atoms with Crippen LogP contribution in [0.25, 0.3) is 10.9 Å². The first kappa shape index (κ1) is 33.9. The minimum absolute atomic E-state index is 0.0348. The van der Waals surface area contributed by atoms with Crippen molar-refractivity contribution in [1.29, 1.82) is 0 Å². The molecule has 2 bridgehead atoms. The molecule has 5 rings (SSSR count). The fraction of sp³-hybridized carbons (Fsp3) is 0.647. The predicted molar refractivity (Wildman–Crippen MR) is 176 cm³/mol. The molecule has 12 nitrogen and oxygen atoms in total. The molecule has 3 aliphatic rings. The van der Waals surface area contributed by atoms with Gasteiger partial charge in [0, 0.05) is 63.3 Å². The van der Waals surface area contributed by atoms with Crippen LogP contribution in [0.2, 0.25) is 0 Å². The molecule has 0 saturated carbocycles. The van der Waals surface area contributed by atoms with E-state index < -0.39 is 12.2 Å². The van der Waals surface area contributed by atoms with Gasteiger partial charge in [0.25, 0.3) is 11.5 Å². The van der Waals surface area contributed by atoms with Gasteiger partial charge in [-0.05, 0) is 76.4 Å². The van der Waals surface area contributed by atoms with Gasteiger partial charge in [0.2, 0.25) is 5.91 Å². The number of carbonyl (C=O) groups excluding carboxylic acids is 3. The summed E-state index contributed by atoms with van der Waals surface area (Å²) < 4.78 is 6.72. The zero-order chi connectivity index (χ0) is 33.0. The number of nitrogens with zero attached hydrogens (tertiary/aromatic N) is 4. The molecule has 12 heteroatoms. The second-order valence-corrected chi connectivity index (χ2v) is 13.5. The maximum Gasteiger partial charge on any atom is 0.409 e. The molecule has 3 N–H and O–H groups in total. The monoisotopic (exact) mass is 638 g/mol. The van der Waals surface area contributed by atoms with Crippen molar-refractivity contribution in [2.24, 2.45) is 0 Å². The van der Waals surface area contributed by atoms with Gasteiger partial charge in [-0.3, -0.25) is 24.2 Å². The number of aliphatic hydroxyl groups excluding tert-OH is 1. The van der Waals surface area contributed by atoms with Gasteiger partial charge in [-0.25, -0.2) is 4.79 Å². The number of amides is 3. The van der Waals surface area contributed by atoms with E-state index in [1.807, 2.05) is 38.1 Å². The van der Waals surface area contributed by atoms with Crippen LogP contribution in [-0.4, -0.2) is 119 Å². The Labute approximate surface area is 271 Å². The Morgan fingerprint density at radius 3 is 2.46 bits per heavy atom. The number of carbonyl (C=O) groups is 3.